The molecular formula is C16H15NO4. The van der Waals surface area contributed by atoms with Crippen LogP contribution in [-0.4, -0.2) is 19.5 Å². The first-order chi connectivity index (χ1) is 10.2. The van der Waals surface area contributed by atoms with Gasteiger partial charge in [0.15, 0.2) is 0 Å². The van der Waals surface area contributed by atoms with E-state index in [1.807, 2.05) is 12.1 Å². The summed E-state index contributed by atoms with van der Waals surface area (Å²) in [5.74, 6) is 0.251. The lowest BCUT2D eigenvalue weighted by molar-refractivity contribution is -0.105. The first kappa shape index (κ1) is 14.6. The molecule has 2 aromatic rings. The van der Waals surface area contributed by atoms with Crippen LogP contribution < -0.4 is 10.1 Å². The summed E-state index contributed by atoms with van der Waals surface area (Å²) >= 11 is 0. The second-order valence-electron chi connectivity index (χ2n) is 4.23. The van der Waals surface area contributed by atoms with Crippen molar-refractivity contribution in [2.45, 2.75) is 6.61 Å². The standard InChI is InChI=1S/C16H15NO4/c1-20-13-8-6-12(7-9-13)10-21-16(19)14-4-2-3-5-15(14)17-11-18/h2-9,11H,10H2,1H3,(H,17,18). The van der Waals surface area contributed by atoms with Crippen LogP contribution in [0.5, 0.6) is 5.75 Å². The van der Waals surface area contributed by atoms with Crippen molar-refractivity contribution in [2.24, 2.45) is 0 Å². The van der Waals surface area contributed by atoms with E-state index in [9.17, 15) is 9.59 Å². The van der Waals surface area contributed by atoms with Gasteiger partial charge in [0.25, 0.3) is 0 Å². The highest BCUT2D eigenvalue weighted by Crippen LogP contribution is 2.17. The fourth-order valence-corrected chi connectivity index (χ4v) is 1.80. The molecule has 0 aliphatic heterocycles. The molecule has 0 saturated carbocycles. The van der Waals surface area contributed by atoms with E-state index in [-0.39, 0.29) is 6.61 Å². The van der Waals surface area contributed by atoms with E-state index in [1.54, 1.807) is 43.5 Å². The molecule has 1 amide bonds. The molecule has 2 aromatic carbocycles. The Balaban J connectivity index is 2.02. The molecular weight excluding hydrogens is 270 g/mol. The van der Waals surface area contributed by atoms with Crippen LogP contribution in [0.3, 0.4) is 0 Å². The van der Waals surface area contributed by atoms with Crippen molar-refractivity contribution in [1.29, 1.82) is 0 Å². The Kier molecular flexibility index (Phi) is 4.93. The maximum Gasteiger partial charge on any atom is 0.340 e. The number of nitrogens with one attached hydrogen (secondary N) is 1. The average molecular weight is 285 g/mol. The average Bonchev–Trinajstić information content (AvgIpc) is 2.54. The van der Waals surface area contributed by atoms with Gasteiger partial charge in [-0.2, -0.15) is 0 Å². The summed E-state index contributed by atoms with van der Waals surface area (Å²) in [6.07, 6.45) is 0.523. The third kappa shape index (κ3) is 3.82. The lowest BCUT2D eigenvalue weighted by Gasteiger charge is -2.09. The van der Waals surface area contributed by atoms with E-state index in [2.05, 4.69) is 5.32 Å². The van der Waals surface area contributed by atoms with Crippen LogP contribution in [0.2, 0.25) is 0 Å². The number of esters is 1. The number of methoxy groups -OCH3 is 1. The molecule has 1 N–H and O–H groups in total. The zero-order valence-electron chi connectivity index (χ0n) is 11.5. The maximum absolute atomic E-state index is 12.0. The second-order valence-corrected chi connectivity index (χ2v) is 4.23. The van der Waals surface area contributed by atoms with E-state index in [4.69, 9.17) is 9.47 Å². The summed E-state index contributed by atoms with van der Waals surface area (Å²) in [5, 5.41) is 2.47. The Morgan fingerprint density at radius 2 is 1.86 bits per heavy atom. The van der Waals surface area contributed by atoms with E-state index in [1.165, 1.54) is 0 Å². The topological polar surface area (TPSA) is 64.6 Å². The molecule has 0 bridgehead atoms. The Hall–Kier alpha value is -2.82. The van der Waals surface area contributed by atoms with E-state index < -0.39 is 5.97 Å². The Morgan fingerprint density at radius 3 is 2.52 bits per heavy atom. The van der Waals surface area contributed by atoms with Crippen molar-refractivity contribution < 1.29 is 19.1 Å². The molecule has 0 aliphatic carbocycles. The fourth-order valence-electron chi connectivity index (χ4n) is 1.80. The molecule has 0 unspecified atom stereocenters. The molecule has 0 aromatic heterocycles. The number of carbonyl (C=O) groups excluding carboxylic acids is 2. The normalized spacial score (nSPS) is 9.76. The van der Waals surface area contributed by atoms with Gasteiger partial charge in [-0.1, -0.05) is 24.3 Å². The SMILES string of the molecule is COc1ccc(COC(=O)c2ccccc2NC=O)cc1. The molecule has 5 heteroatoms. The van der Waals surface area contributed by atoms with Crippen molar-refractivity contribution in [3.63, 3.8) is 0 Å². The van der Waals surface area contributed by atoms with Crippen LogP contribution in [0.1, 0.15) is 15.9 Å². The Bertz CT molecular complexity index is 622. The fraction of sp³-hybridized carbons (Fsp3) is 0.125. The minimum Gasteiger partial charge on any atom is -0.497 e. The van der Waals surface area contributed by atoms with E-state index >= 15 is 0 Å². The van der Waals surface area contributed by atoms with Gasteiger partial charge in [0.1, 0.15) is 12.4 Å². The molecule has 2 rings (SSSR count). The minimum absolute atomic E-state index is 0.151. The molecule has 0 aliphatic rings. The highest BCUT2D eigenvalue weighted by atomic mass is 16.5. The van der Waals surface area contributed by atoms with Crippen molar-refractivity contribution in [1.82, 2.24) is 0 Å². The largest absolute Gasteiger partial charge is 0.497 e. The van der Waals surface area contributed by atoms with Gasteiger partial charge in [-0.25, -0.2) is 4.79 Å². The smallest absolute Gasteiger partial charge is 0.340 e. The van der Waals surface area contributed by atoms with Gasteiger partial charge in [-0.3, -0.25) is 4.79 Å². The zero-order chi connectivity index (χ0) is 15.1. The first-order valence-electron chi connectivity index (χ1n) is 6.34. The van der Waals surface area contributed by atoms with Crippen molar-refractivity contribution in [2.75, 3.05) is 12.4 Å². The van der Waals surface area contributed by atoms with Crippen LogP contribution in [-0.2, 0) is 16.1 Å². The molecule has 0 heterocycles. The maximum atomic E-state index is 12.0. The summed E-state index contributed by atoms with van der Waals surface area (Å²) in [5.41, 5.74) is 1.59. The van der Waals surface area contributed by atoms with Crippen LogP contribution in [0.25, 0.3) is 0 Å². The zero-order valence-corrected chi connectivity index (χ0v) is 11.5. The van der Waals surface area contributed by atoms with Gasteiger partial charge >= 0.3 is 5.97 Å². The molecule has 0 atom stereocenters. The number of hydrogen-bond donors (Lipinski definition) is 1. The summed E-state index contributed by atoms with van der Waals surface area (Å²) in [7, 11) is 1.59. The number of carbonyl (C=O) groups is 2. The summed E-state index contributed by atoms with van der Waals surface area (Å²) < 4.78 is 10.3. The van der Waals surface area contributed by atoms with Gasteiger partial charge in [0.05, 0.1) is 18.4 Å². The predicted octanol–water partition coefficient (Wildman–Crippen LogP) is 2.62. The van der Waals surface area contributed by atoms with Crippen molar-refractivity contribution in [3.05, 3.63) is 59.7 Å². The molecule has 108 valence electrons. The monoisotopic (exact) mass is 285 g/mol. The number of anilines is 1. The lowest BCUT2D eigenvalue weighted by Crippen LogP contribution is -2.09. The van der Waals surface area contributed by atoms with Gasteiger partial charge in [0.2, 0.25) is 6.41 Å². The van der Waals surface area contributed by atoms with E-state index in [0.29, 0.717) is 17.7 Å². The van der Waals surface area contributed by atoms with Crippen LogP contribution in [0.4, 0.5) is 5.69 Å². The number of para-hydroxylation sites is 1. The molecule has 0 fully saturated rings. The Morgan fingerprint density at radius 1 is 1.14 bits per heavy atom. The molecule has 0 radical (unpaired) electrons. The number of hydrogen-bond acceptors (Lipinski definition) is 4. The van der Waals surface area contributed by atoms with Crippen LogP contribution in [0, 0.1) is 0 Å². The molecule has 21 heavy (non-hydrogen) atoms. The highest BCUT2D eigenvalue weighted by Gasteiger charge is 2.12. The third-order valence-electron chi connectivity index (χ3n) is 2.89. The van der Waals surface area contributed by atoms with Gasteiger partial charge < -0.3 is 14.8 Å². The van der Waals surface area contributed by atoms with Crippen molar-refractivity contribution in [3.8, 4) is 5.75 Å². The molecule has 5 nitrogen and oxygen atoms in total. The summed E-state index contributed by atoms with van der Waals surface area (Å²) in [4.78, 5) is 22.5. The quantitative estimate of drug-likeness (QED) is 0.654. The van der Waals surface area contributed by atoms with Crippen LogP contribution in [0.15, 0.2) is 48.5 Å². The summed E-state index contributed by atoms with van der Waals surface area (Å²) in [6.45, 7) is 0.151. The van der Waals surface area contributed by atoms with Gasteiger partial charge in [0, 0.05) is 0 Å². The number of ether oxygens (including phenoxy) is 2. The summed E-state index contributed by atoms with van der Waals surface area (Å²) in [6, 6.07) is 13.9. The van der Waals surface area contributed by atoms with E-state index in [0.717, 1.165) is 11.3 Å². The molecule has 0 saturated heterocycles. The first-order valence-corrected chi connectivity index (χ1v) is 6.34. The number of rotatable bonds is 6. The third-order valence-corrected chi connectivity index (χ3v) is 2.89. The number of amides is 1. The predicted molar refractivity (Wildman–Crippen MR) is 78.2 cm³/mol. The lowest BCUT2D eigenvalue weighted by atomic mass is 10.2. The van der Waals surface area contributed by atoms with Crippen LogP contribution >= 0.6 is 0 Å². The molecule has 0 spiro atoms. The minimum atomic E-state index is -0.490. The number of benzene rings is 2. The highest BCUT2D eigenvalue weighted by molar-refractivity contribution is 5.97. The van der Waals surface area contributed by atoms with Gasteiger partial charge in [-0.15, -0.1) is 0 Å². The van der Waals surface area contributed by atoms with Gasteiger partial charge in [-0.05, 0) is 29.8 Å². The Labute approximate surface area is 122 Å². The second kappa shape index (κ2) is 7.09. The van der Waals surface area contributed by atoms with Crippen molar-refractivity contribution >= 4 is 18.1 Å².